The SMILES string of the molecule is COc1ccc(N2C(=O)C(Nc3ccccc3)=CC2c2ccco2)cc1. The zero-order valence-electron chi connectivity index (χ0n) is 14.3. The molecule has 2 aromatic carbocycles. The number of hydrogen-bond acceptors (Lipinski definition) is 4. The van der Waals surface area contributed by atoms with Crippen molar-refractivity contribution in [1.82, 2.24) is 0 Å². The lowest BCUT2D eigenvalue weighted by Crippen LogP contribution is -2.30. The molecule has 0 spiro atoms. The molecule has 1 unspecified atom stereocenters. The van der Waals surface area contributed by atoms with Crippen LogP contribution in [0.4, 0.5) is 11.4 Å². The van der Waals surface area contributed by atoms with Gasteiger partial charge in [-0.3, -0.25) is 9.69 Å². The van der Waals surface area contributed by atoms with Crippen molar-refractivity contribution < 1.29 is 13.9 Å². The van der Waals surface area contributed by atoms with E-state index in [-0.39, 0.29) is 11.9 Å². The Labute approximate surface area is 151 Å². The van der Waals surface area contributed by atoms with Crippen LogP contribution in [0.1, 0.15) is 11.8 Å². The number of para-hydroxylation sites is 1. The second-order valence-electron chi connectivity index (χ2n) is 5.90. The van der Waals surface area contributed by atoms with E-state index in [1.165, 1.54) is 0 Å². The van der Waals surface area contributed by atoms with Crippen LogP contribution in [0.15, 0.2) is 89.2 Å². The smallest absolute Gasteiger partial charge is 0.275 e. The predicted molar refractivity (Wildman–Crippen MR) is 100 cm³/mol. The van der Waals surface area contributed by atoms with Gasteiger partial charge in [-0.05, 0) is 54.6 Å². The van der Waals surface area contributed by atoms with Crippen molar-refractivity contribution in [1.29, 1.82) is 0 Å². The molecular weight excluding hydrogens is 328 g/mol. The predicted octanol–water partition coefficient (Wildman–Crippen LogP) is 4.37. The van der Waals surface area contributed by atoms with Crippen molar-refractivity contribution >= 4 is 17.3 Å². The third kappa shape index (κ3) is 2.95. The molecule has 5 nitrogen and oxygen atoms in total. The minimum Gasteiger partial charge on any atom is -0.497 e. The van der Waals surface area contributed by atoms with Gasteiger partial charge in [0, 0.05) is 11.4 Å². The van der Waals surface area contributed by atoms with Crippen LogP contribution in [-0.4, -0.2) is 13.0 Å². The van der Waals surface area contributed by atoms with Crippen LogP contribution >= 0.6 is 0 Å². The van der Waals surface area contributed by atoms with Crippen LogP contribution in [0.25, 0.3) is 0 Å². The standard InChI is InChI=1S/C21H18N2O3/c1-25-17-11-9-16(10-12-17)23-19(20-8-5-13-26-20)14-18(21(23)24)22-15-6-3-2-4-7-15/h2-14,19,22H,1H3. The van der Waals surface area contributed by atoms with Crippen LogP contribution in [-0.2, 0) is 4.79 Å². The highest BCUT2D eigenvalue weighted by Gasteiger charge is 2.36. The maximum atomic E-state index is 13.1. The molecule has 1 aliphatic heterocycles. The third-order valence-corrected chi connectivity index (χ3v) is 4.29. The van der Waals surface area contributed by atoms with Crippen molar-refractivity contribution in [2.45, 2.75) is 6.04 Å². The van der Waals surface area contributed by atoms with Crippen molar-refractivity contribution in [2.24, 2.45) is 0 Å². The molecule has 0 aliphatic carbocycles. The van der Waals surface area contributed by atoms with E-state index in [0.717, 1.165) is 17.1 Å². The molecule has 26 heavy (non-hydrogen) atoms. The number of amides is 1. The Morgan fingerprint density at radius 1 is 1.00 bits per heavy atom. The minimum atomic E-state index is -0.308. The summed E-state index contributed by atoms with van der Waals surface area (Å²) in [5.41, 5.74) is 2.16. The average molecular weight is 346 g/mol. The molecular formula is C21H18N2O3. The summed E-state index contributed by atoms with van der Waals surface area (Å²) in [6.07, 6.45) is 3.50. The Morgan fingerprint density at radius 3 is 2.42 bits per heavy atom. The zero-order chi connectivity index (χ0) is 17.9. The molecule has 2 heterocycles. The normalized spacial score (nSPS) is 16.5. The largest absolute Gasteiger partial charge is 0.497 e. The number of hydrogen-bond donors (Lipinski definition) is 1. The van der Waals surface area contributed by atoms with Crippen molar-refractivity contribution in [2.75, 3.05) is 17.3 Å². The van der Waals surface area contributed by atoms with Gasteiger partial charge in [0.1, 0.15) is 23.2 Å². The van der Waals surface area contributed by atoms with E-state index < -0.39 is 0 Å². The summed E-state index contributed by atoms with van der Waals surface area (Å²) in [4.78, 5) is 14.8. The maximum absolute atomic E-state index is 13.1. The van der Waals surface area contributed by atoms with Gasteiger partial charge in [-0.15, -0.1) is 0 Å². The van der Waals surface area contributed by atoms with Gasteiger partial charge in [0.05, 0.1) is 13.4 Å². The van der Waals surface area contributed by atoms with Crippen LogP contribution in [0.2, 0.25) is 0 Å². The summed E-state index contributed by atoms with van der Waals surface area (Å²) in [5, 5.41) is 3.21. The lowest BCUT2D eigenvalue weighted by molar-refractivity contribution is -0.114. The first-order chi connectivity index (χ1) is 12.8. The summed E-state index contributed by atoms with van der Waals surface area (Å²) >= 11 is 0. The topological polar surface area (TPSA) is 54.7 Å². The van der Waals surface area contributed by atoms with Gasteiger partial charge in [0.2, 0.25) is 0 Å². The first-order valence-corrected chi connectivity index (χ1v) is 8.31. The van der Waals surface area contributed by atoms with E-state index >= 15 is 0 Å². The molecule has 1 atom stereocenters. The Bertz CT molecular complexity index is 916. The van der Waals surface area contributed by atoms with Gasteiger partial charge in [-0.25, -0.2) is 0 Å². The fourth-order valence-corrected chi connectivity index (χ4v) is 3.02. The lowest BCUT2D eigenvalue weighted by Gasteiger charge is -2.23. The number of benzene rings is 2. The molecule has 0 saturated carbocycles. The summed E-state index contributed by atoms with van der Waals surface area (Å²) in [6.45, 7) is 0. The van der Waals surface area contributed by atoms with Crippen molar-refractivity contribution in [3.8, 4) is 5.75 Å². The number of ether oxygens (including phenoxy) is 1. The molecule has 5 heteroatoms. The number of methoxy groups -OCH3 is 1. The highest BCUT2D eigenvalue weighted by Crippen LogP contribution is 2.36. The van der Waals surface area contributed by atoms with Crippen molar-refractivity contribution in [3.05, 3.63) is 90.5 Å². The average Bonchev–Trinajstić information content (AvgIpc) is 3.32. The van der Waals surface area contributed by atoms with Crippen LogP contribution < -0.4 is 15.0 Å². The van der Waals surface area contributed by atoms with Gasteiger partial charge >= 0.3 is 0 Å². The molecule has 0 bridgehead atoms. The molecule has 1 aliphatic rings. The first-order valence-electron chi connectivity index (χ1n) is 8.31. The zero-order valence-corrected chi connectivity index (χ0v) is 14.3. The fourth-order valence-electron chi connectivity index (χ4n) is 3.02. The van der Waals surface area contributed by atoms with Gasteiger partial charge < -0.3 is 14.5 Å². The highest BCUT2D eigenvalue weighted by atomic mass is 16.5. The van der Waals surface area contributed by atoms with Crippen LogP contribution in [0.3, 0.4) is 0 Å². The number of furan rings is 1. The van der Waals surface area contributed by atoms with E-state index in [9.17, 15) is 4.79 Å². The Morgan fingerprint density at radius 2 is 1.77 bits per heavy atom. The monoisotopic (exact) mass is 346 g/mol. The van der Waals surface area contributed by atoms with E-state index in [1.54, 1.807) is 18.3 Å². The molecule has 0 saturated heterocycles. The highest BCUT2D eigenvalue weighted by molar-refractivity contribution is 6.10. The summed E-state index contributed by atoms with van der Waals surface area (Å²) in [5.74, 6) is 1.34. The van der Waals surface area contributed by atoms with Gasteiger partial charge in [-0.2, -0.15) is 0 Å². The molecule has 0 radical (unpaired) electrons. The number of carbonyl (C=O) groups is 1. The minimum absolute atomic E-state index is 0.111. The van der Waals surface area contributed by atoms with E-state index in [1.807, 2.05) is 72.8 Å². The summed E-state index contributed by atoms with van der Waals surface area (Å²) in [7, 11) is 1.62. The summed E-state index contributed by atoms with van der Waals surface area (Å²) < 4.78 is 10.8. The van der Waals surface area contributed by atoms with E-state index in [0.29, 0.717) is 11.5 Å². The molecule has 1 aromatic heterocycles. The third-order valence-electron chi connectivity index (χ3n) is 4.29. The van der Waals surface area contributed by atoms with Gasteiger partial charge in [0.25, 0.3) is 5.91 Å². The molecule has 1 amide bonds. The second kappa shape index (κ2) is 6.80. The van der Waals surface area contributed by atoms with Crippen molar-refractivity contribution in [3.63, 3.8) is 0 Å². The maximum Gasteiger partial charge on any atom is 0.275 e. The van der Waals surface area contributed by atoms with E-state index in [2.05, 4.69) is 5.32 Å². The Kier molecular flexibility index (Phi) is 4.19. The lowest BCUT2D eigenvalue weighted by atomic mass is 10.2. The number of nitrogens with zero attached hydrogens (tertiary/aromatic N) is 1. The molecule has 4 rings (SSSR count). The molecule has 130 valence electrons. The van der Waals surface area contributed by atoms with E-state index in [4.69, 9.17) is 9.15 Å². The first kappa shape index (κ1) is 16.0. The van der Waals surface area contributed by atoms with Gasteiger partial charge in [-0.1, -0.05) is 18.2 Å². The molecule has 1 N–H and O–H groups in total. The number of carbonyl (C=O) groups excluding carboxylic acids is 1. The molecule has 0 fully saturated rings. The fraction of sp³-hybridized carbons (Fsp3) is 0.0952. The number of rotatable bonds is 5. The number of nitrogens with one attached hydrogen (secondary N) is 1. The second-order valence-corrected chi connectivity index (χ2v) is 5.90. The van der Waals surface area contributed by atoms with Crippen LogP contribution in [0.5, 0.6) is 5.75 Å². The Balaban J connectivity index is 1.69. The van der Waals surface area contributed by atoms with Gasteiger partial charge in [0.15, 0.2) is 0 Å². The Hall–Kier alpha value is -3.47. The van der Waals surface area contributed by atoms with Crippen LogP contribution in [0, 0.1) is 0 Å². The molecule has 3 aromatic rings. The summed E-state index contributed by atoms with van der Waals surface area (Å²) in [6, 6.07) is 20.4. The quantitative estimate of drug-likeness (QED) is 0.745. The number of anilines is 2.